The van der Waals surface area contributed by atoms with Gasteiger partial charge in [0.1, 0.15) is 6.26 Å². The number of rotatable bonds is 5. The average molecular weight is 216 g/mol. The molecule has 0 fully saturated rings. The van der Waals surface area contributed by atoms with E-state index in [1.54, 1.807) is 6.07 Å². The molecule has 1 aromatic heterocycles. The molecule has 78 valence electrons. The van der Waals surface area contributed by atoms with Crippen LogP contribution in [0.5, 0.6) is 0 Å². The molecule has 1 unspecified atom stereocenters. The van der Waals surface area contributed by atoms with Crippen LogP contribution < -0.4 is 5.32 Å². The molecule has 14 heavy (non-hydrogen) atoms. The second kappa shape index (κ2) is 5.70. The molecular weight excluding hydrogens is 202 g/mol. The number of carbonyl (C=O) groups is 1. The molecule has 1 N–H and O–H groups in total. The summed E-state index contributed by atoms with van der Waals surface area (Å²) >= 11 is 5.55. The van der Waals surface area contributed by atoms with Crippen LogP contribution in [0.25, 0.3) is 0 Å². The fourth-order valence-corrected chi connectivity index (χ4v) is 1.31. The third-order valence-electron chi connectivity index (χ3n) is 1.93. The maximum absolute atomic E-state index is 11.5. The van der Waals surface area contributed by atoms with Gasteiger partial charge in [0.25, 0.3) is 5.91 Å². The summed E-state index contributed by atoms with van der Waals surface area (Å²) in [5, 5.41) is 2.86. The lowest BCUT2D eigenvalue weighted by Crippen LogP contribution is -2.32. The van der Waals surface area contributed by atoms with Gasteiger partial charge in [-0.3, -0.25) is 4.79 Å². The summed E-state index contributed by atoms with van der Waals surface area (Å²) < 4.78 is 4.82. The second-order valence-corrected chi connectivity index (χ2v) is 3.60. The summed E-state index contributed by atoms with van der Waals surface area (Å²) in [5.74, 6) is 0.534. The molecule has 0 aliphatic carbocycles. The minimum absolute atomic E-state index is 0.0965. The van der Waals surface area contributed by atoms with E-state index < -0.39 is 0 Å². The van der Waals surface area contributed by atoms with Crippen molar-refractivity contribution < 1.29 is 9.21 Å². The van der Waals surface area contributed by atoms with Crippen molar-refractivity contribution in [1.82, 2.24) is 5.32 Å². The van der Waals surface area contributed by atoms with Crippen molar-refractivity contribution in [3.63, 3.8) is 0 Å². The Bertz CT molecular complexity index is 272. The van der Waals surface area contributed by atoms with E-state index in [0.29, 0.717) is 11.4 Å². The van der Waals surface area contributed by atoms with Gasteiger partial charge < -0.3 is 9.73 Å². The van der Waals surface area contributed by atoms with Crippen molar-refractivity contribution in [1.29, 1.82) is 0 Å². The van der Waals surface area contributed by atoms with E-state index in [1.165, 1.54) is 12.5 Å². The molecule has 0 aromatic carbocycles. The zero-order chi connectivity index (χ0) is 10.4. The normalized spacial score (nSPS) is 12.4. The first-order chi connectivity index (χ1) is 6.74. The standard InChI is InChI=1S/C10H14ClNO2/c1-8(3-2-5-11)12-10(13)9-4-6-14-7-9/h4,6-8H,2-3,5H2,1H3,(H,12,13). The smallest absolute Gasteiger partial charge is 0.254 e. The van der Waals surface area contributed by atoms with Crippen LogP contribution in [-0.4, -0.2) is 17.8 Å². The van der Waals surface area contributed by atoms with E-state index in [-0.39, 0.29) is 11.9 Å². The van der Waals surface area contributed by atoms with Crippen LogP contribution in [0.2, 0.25) is 0 Å². The highest BCUT2D eigenvalue weighted by molar-refractivity contribution is 6.17. The molecule has 0 aliphatic rings. The molecule has 0 saturated heterocycles. The molecule has 0 saturated carbocycles. The fourth-order valence-electron chi connectivity index (χ4n) is 1.16. The molecule has 1 aromatic rings. The van der Waals surface area contributed by atoms with Gasteiger partial charge in [0.15, 0.2) is 0 Å². The van der Waals surface area contributed by atoms with Gasteiger partial charge in [-0.05, 0) is 25.8 Å². The molecular formula is C10H14ClNO2. The lowest BCUT2D eigenvalue weighted by molar-refractivity contribution is 0.0937. The Morgan fingerprint density at radius 1 is 1.71 bits per heavy atom. The molecule has 1 amide bonds. The first-order valence-corrected chi connectivity index (χ1v) is 5.16. The molecule has 3 nitrogen and oxygen atoms in total. The Morgan fingerprint density at radius 3 is 3.07 bits per heavy atom. The summed E-state index contributed by atoms with van der Waals surface area (Å²) in [6.45, 7) is 1.96. The number of nitrogens with one attached hydrogen (secondary N) is 1. The van der Waals surface area contributed by atoms with Gasteiger partial charge in [0.2, 0.25) is 0 Å². The molecule has 1 rings (SSSR count). The van der Waals surface area contributed by atoms with Crippen LogP contribution in [0.4, 0.5) is 0 Å². The number of halogens is 1. The summed E-state index contributed by atoms with van der Waals surface area (Å²) in [6.07, 6.45) is 4.73. The highest BCUT2D eigenvalue weighted by atomic mass is 35.5. The largest absolute Gasteiger partial charge is 0.472 e. The minimum Gasteiger partial charge on any atom is -0.472 e. The van der Waals surface area contributed by atoms with Gasteiger partial charge in [0, 0.05) is 11.9 Å². The number of alkyl halides is 1. The number of hydrogen-bond donors (Lipinski definition) is 1. The van der Waals surface area contributed by atoms with Crippen molar-refractivity contribution in [3.05, 3.63) is 24.2 Å². The van der Waals surface area contributed by atoms with Gasteiger partial charge in [0.05, 0.1) is 11.8 Å². The third kappa shape index (κ3) is 3.42. The molecule has 0 aliphatic heterocycles. The summed E-state index contributed by atoms with van der Waals surface area (Å²) in [4.78, 5) is 11.5. The Labute approximate surface area is 88.4 Å². The highest BCUT2D eigenvalue weighted by Crippen LogP contribution is 2.02. The van der Waals surface area contributed by atoms with E-state index in [2.05, 4.69) is 5.32 Å². The van der Waals surface area contributed by atoms with Crippen LogP contribution in [0, 0.1) is 0 Å². The van der Waals surface area contributed by atoms with Crippen molar-refractivity contribution >= 4 is 17.5 Å². The van der Waals surface area contributed by atoms with E-state index in [0.717, 1.165) is 12.8 Å². The summed E-state index contributed by atoms with van der Waals surface area (Å²) in [7, 11) is 0. The fraction of sp³-hybridized carbons (Fsp3) is 0.500. The first-order valence-electron chi connectivity index (χ1n) is 4.63. The molecule has 0 radical (unpaired) electrons. The van der Waals surface area contributed by atoms with Gasteiger partial charge in [-0.15, -0.1) is 11.6 Å². The van der Waals surface area contributed by atoms with Crippen LogP contribution in [-0.2, 0) is 0 Å². The third-order valence-corrected chi connectivity index (χ3v) is 2.20. The second-order valence-electron chi connectivity index (χ2n) is 3.22. The maximum atomic E-state index is 11.5. The first kappa shape index (κ1) is 11.1. The molecule has 0 bridgehead atoms. The molecule has 1 heterocycles. The highest BCUT2D eigenvalue weighted by Gasteiger charge is 2.09. The minimum atomic E-state index is -0.0965. The van der Waals surface area contributed by atoms with E-state index in [1.807, 2.05) is 6.92 Å². The van der Waals surface area contributed by atoms with E-state index >= 15 is 0 Å². The van der Waals surface area contributed by atoms with Crippen LogP contribution in [0.1, 0.15) is 30.1 Å². The van der Waals surface area contributed by atoms with Crippen molar-refractivity contribution in [3.8, 4) is 0 Å². The topological polar surface area (TPSA) is 42.2 Å². The summed E-state index contributed by atoms with van der Waals surface area (Å²) in [6, 6.07) is 1.79. The predicted octanol–water partition coefficient (Wildman–Crippen LogP) is 2.42. The van der Waals surface area contributed by atoms with E-state index in [4.69, 9.17) is 16.0 Å². The Hall–Kier alpha value is -0.960. The van der Waals surface area contributed by atoms with Crippen LogP contribution in [0.15, 0.2) is 23.0 Å². The van der Waals surface area contributed by atoms with Crippen molar-refractivity contribution in [2.75, 3.05) is 5.88 Å². The van der Waals surface area contributed by atoms with Gasteiger partial charge in [-0.1, -0.05) is 0 Å². The molecule has 1 atom stereocenters. The lowest BCUT2D eigenvalue weighted by Gasteiger charge is -2.11. The maximum Gasteiger partial charge on any atom is 0.254 e. The predicted molar refractivity (Wildman–Crippen MR) is 55.6 cm³/mol. The van der Waals surface area contributed by atoms with Crippen LogP contribution in [0.3, 0.4) is 0 Å². The Kier molecular flexibility index (Phi) is 4.53. The van der Waals surface area contributed by atoms with Crippen molar-refractivity contribution in [2.24, 2.45) is 0 Å². The number of amides is 1. The average Bonchev–Trinajstić information content (AvgIpc) is 2.67. The van der Waals surface area contributed by atoms with Crippen LogP contribution >= 0.6 is 11.6 Å². The van der Waals surface area contributed by atoms with Gasteiger partial charge >= 0.3 is 0 Å². The van der Waals surface area contributed by atoms with Gasteiger partial charge in [-0.25, -0.2) is 0 Å². The molecule has 0 spiro atoms. The molecule has 4 heteroatoms. The Morgan fingerprint density at radius 2 is 2.50 bits per heavy atom. The van der Waals surface area contributed by atoms with E-state index in [9.17, 15) is 4.79 Å². The zero-order valence-corrected chi connectivity index (χ0v) is 8.88. The summed E-state index contributed by atoms with van der Waals surface area (Å²) in [5.41, 5.74) is 0.558. The van der Waals surface area contributed by atoms with Crippen molar-refractivity contribution in [2.45, 2.75) is 25.8 Å². The zero-order valence-electron chi connectivity index (χ0n) is 8.13. The quantitative estimate of drug-likeness (QED) is 0.767. The lowest BCUT2D eigenvalue weighted by atomic mass is 10.2. The number of carbonyl (C=O) groups excluding carboxylic acids is 1. The number of furan rings is 1. The number of hydrogen-bond acceptors (Lipinski definition) is 2. The Balaban J connectivity index is 2.34. The SMILES string of the molecule is CC(CCCCl)NC(=O)c1ccoc1. The van der Waals surface area contributed by atoms with Gasteiger partial charge in [-0.2, -0.15) is 0 Å². The monoisotopic (exact) mass is 215 g/mol.